The topological polar surface area (TPSA) is 118 Å². The molecule has 3 aromatic rings. The third-order valence-corrected chi connectivity index (χ3v) is 8.70. The van der Waals surface area contributed by atoms with E-state index in [0.29, 0.717) is 30.6 Å². The van der Waals surface area contributed by atoms with Gasteiger partial charge in [0, 0.05) is 69.2 Å². The van der Waals surface area contributed by atoms with Crippen LogP contribution >= 0.6 is 0 Å². The predicted octanol–water partition coefficient (Wildman–Crippen LogP) is 2.85. The van der Waals surface area contributed by atoms with Crippen LogP contribution in [0.25, 0.3) is 0 Å². The van der Waals surface area contributed by atoms with Crippen molar-refractivity contribution in [2.24, 2.45) is 23.7 Å². The summed E-state index contributed by atoms with van der Waals surface area (Å²) < 4.78 is 19.5. The second-order valence-corrected chi connectivity index (χ2v) is 12.4. The molecule has 1 unspecified atom stereocenters. The normalized spacial score (nSPS) is 18.6. The van der Waals surface area contributed by atoms with Gasteiger partial charge in [-0.25, -0.2) is 9.98 Å². The Labute approximate surface area is 267 Å². The number of rotatable bonds is 12. The standard InChI is InChI=1S/C33H49N9O3/c1-39(2)15-16-45-29-10-8-9-28(40(3)4)25(29)21-42-13-11-23(12-14-42)33(34)26-17-30(43-6)31(44-7)18-27(26)37-32(38-33)35-19-24-20-41(5)22-36-24/h8-10,17-18,20,22-23H,11-16,19,21,34H2,1-7H3,(H2,35,37,38). The van der Waals surface area contributed by atoms with Crippen molar-refractivity contribution in [3.05, 3.63) is 59.7 Å². The van der Waals surface area contributed by atoms with Crippen LogP contribution in [0.3, 0.4) is 0 Å². The molecule has 5 rings (SSSR count). The number of ether oxygens (including phenoxy) is 3. The van der Waals surface area contributed by atoms with Crippen molar-refractivity contribution in [2.45, 2.75) is 31.6 Å². The number of nitrogens with one attached hydrogen (secondary N) is 2. The highest BCUT2D eigenvalue weighted by atomic mass is 16.5. The summed E-state index contributed by atoms with van der Waals surface area (Å²) in [6.07, 6.45) is 5.59. The first-order valence-electron chi connectivity index (χ1n) is 15.5. The van der Waals surface area contributed by atoms with Crippen LogP contribution in [0.4, 0.5) is 11.4 Å². The third-order valence-electron chi connectivity index (χ3n) is 8.70. The number of fused-ring (bicyclic) bond motifs is 1. The van der Waals surface area contributed by atoms with Gasteiger partial charge in [0.25, 0.3) is 0 Å². The van der Waals surface area contributed by atoms with Crippen molar-refractivity contribution >= 4 is 17.3 Å². The maximum Gasteiger partial charge on any atom is 0.198 e. The van der Waals surface area contributed by atoms with Crippen LogP contribution in [-0.2, 0) is 25.8 Å². The summed E-state index contributed by atoms with van der Waals surface area (Å²) in [4.78, 5) is 16.1. The predicted molar refractivity (Wildman–Crippen MR) is 179 cm³/mol. The monoisotopic (exact) mass is 619 g/mol. The summed E-state index contributed by atoms with van der Waals surface area (Å²) in [5.74, 6) is 2.96. The highest BCUT2D eigenvalue weighted by Gasteiger charge is 2.43. The minimum Gasteiger partial charge on any atom is -0.493 e. The molecule has 4 N–H and O–H groups in total. The van der Waals surface area contributed by atoms with Crippen LogP contribution in [-0.4, -0.2) is 94.0 Å². The number of aromatic nitrogens is 2. The zero-order valence-electron chi connectivity index (χ0n) is 27.8. The molecule has 12 nitrogen and oxygen atoms in total. The quantitative estimate of drug-likeness (QED) is 0.279. The van der Waals surface area contributed by atoms with E-state index in [-0.39, 0.29) is 5.92 Å². The number of imidazole rings is 1. The molecule has 0 aliphatic carbocycles. The van der Waals surface area contributed by atoms with Gasteiger partial charge in [-0.3, -0.25) is 4.90 Å². The van der Waals surface area contributed by atoms with E-state index in [4.69, 9.17) is 24.9 Å². The maximum atomic E-state index is 7.39. The third kappa shape index (κ3) is 7.29. The van der Waals surface area contributed by atoms with Crippen LogP contribution < -0.4 is 35.5 Å². The molecule has 1 aromatic heterocycles. The first-order chi connectivity index (χ1) is 21.6. The number of piperidine rings is 1. The maximum absolute atomic E-state index is 7.39. The molecule has 2 aromatic carbocycles. The zero-order chi connectivity index (χ0) is 32.1. The lowest BCUT2D eigenvalue weighted by Gasteiger charge is -2.46. The van der Waals surface area contributed by atoms with E-state index in [2.05, 4.69) is 76.7 Å². The van der Waals surface area contributed by atoms with Crippen molar-refractivity contribution in [3.8, 4) is 17.2 Å². The Balaban J connectivity index is 1.35. The number of anilines is 1. The number of nitrogens with zero attached hydrogens (tertiary/aromatic N) is 6. The fraction of sp³-hybridized carbons (Fsp3) is 0.515. The summed E-state index contributed by atoms with van der Waals surface area (Å²) in [6, 6.07) is 10.2. The summed E-state index contributed by atoms with van der Waals surface area (Å²) >= 11 is 0. The summed E-state index contributed by atoms with van der Waals surface area (Å²) in [5, 5.41) is 7.01. The Kier molecular flexibility index (Phi) is 10.1. The number of likely N-dealkylation sites (tertiary alicyclic amines) is 1. The average molecular weight is 620 g/mol. The number of likely N-dealkylation sites (N-methyl/N-ethyl adjacent to an activating group) is 1. The number of guanidine groups is 1. The van der Waals surface area contributed by atoms with Gasteiger partial charge >= 0.3 is 0 Å². The van der Waals surface area contributed by atoms with E-state index in [1.54, 1.807) is 20.5 Å². The highest BCUT2D eigenvalue weighted by molar-refractivity contribution is 5.87. The van der Waals surface area contributed by atoms with Crippen LogP contribution in [0.1, 0.15) is 29.7 Å². The fourth-order valence-electron chi connectivity index (χ4n) is 6.22. The van der Waals surface area contributed by atoms with Gasteiger partial charge in [0.05, 0.1) is 38.5 Å². The Morgan fingerprint density at radius 2 is 1.80 bits per heavy atom. The molecule has 0 amide bonds. The van der Waals surface area contributed by atoms with E-state index < -0.39 is 5.66 Å². The first kappa shape index (κ1) is 32.4. The van der Waals surface area contributed by atoms with E-state index in [9.17, 15) is 0 Å². The van der Waals surface area contributed by atoms with Crippen LogP contribution in [0, 0.1) is 5.92 Å². The van der Waals surface area contributed by atoms with E-state index in [0.717, 1.165) is 61.7 Å². The number of benzene rings is 2. The Bertz CT molecular complexity index is 1480. The summed E-state index contributed by atoms with van der Waals surface area (Å²) in [7, 11) is 13.5. The minimum atomic E-state index is -0.864. The van der Waals surface area contributed by atoms with Crippen molar-refractivity contribution in [1.82, 2.24) is 30.0 Å². The molecule has 1 atom stereocenters. The van der Waals surface area contributed by atoms with Crippen molar-refractivity contribution in [1.29, 1.82) is 0 Å². The molecule has 12 heteroatoms. The summed E-state index contributed by atoms with van der Waals surface area (Å²) in [6.45, 7) is 4.65. The van der Waals surface area contributed by atoms with Gasteiger partial charge in [-0.2, -0.15) is 0 Å². The molecule has 3 heterocycles. The Hall–Kier alpha value is -4.00. The van der Waals surface area contributed by atoms with Crippen molar-refractivity contribution in [3.63, 3.8) is 0 Å². The lowest BCUT2D eigenvalue weighted by Crippen LogP contribution is -2.63. The number of methoxy groups -OCH3 is 2. The lowest BCUT2D eigenvalue weighted by molar-refractivity contribution is 0.112. The molecular formula is C33H49N9O3. The van der Waals surface area contributed by atoms with Gasteiger partial charge in [0.15, 0.2) is 17.5 Å². The van der Waals surface area contributed by atoms with Gasteiger partial charge in [0.1, 0.15) is 18.0 Å². The van der Waals surface area contributed by atoms with Crippen molar-refractivity contribution < 1.29 is 14.2 Å². The number of nitrogens with two attached hydrogens (primary N) is 1. The van der Waals surface area contributed by atoms with Gasteiger partial charge in [-0.05, 0) is 58.2 Å². The molecule has 0 saturated carbocycles. The van der Waals surface area contributed by atoms with Crippen LogP contribution in [0.5, 0.6) is 17.2 Å². The molecule has 0 spiro atoms. The van der Waals surface area contributed by atoms with Crippen LogP contribution in [0.15, 0.2) is 47.8 Å². The fourth-order valence-corrected chi connectivity index (χ4v) is 6.22. The molecule has 2 aliphatic heterocycles. The first-order valence-corrected chi connectivity index (χ1v) is 15.5. The Morgan fingerprint density at radius 1 is 1.07 bits per heavy atom. The van der Waals surface area contributed by atoms with E-state index in [1.165, 1.54) is 11.3 Å². The summed E-state index contributed by atoms with van der Waals surface area (Å²) in [5.41, 5.74) is 11.5. The minimum absolute atomic E-state index is 0.146. The zero-order valence-corrected chi connectivity index (χ0v) is 27.8. The number of hydrogen-bond donors (Lipinski definition) is 3. The molecular weight excluding hydrogens is 570 g/mol. The molecule has 244 valence electrons. The lowest BCUT2D eigenvalue weighted by atomic mass is 9.78. The molecule has 1 saturated heterocycles. The second kappa shape index (κ2) is 14.0. The van der Waals surface area contributed by atoms with Gasteiger partial charge in [-0.1, -0.05) is 6.07 Å². The van der Waals surface area contributed by atoms with Gasteiger partial charge < -0.3 is 44.9 Å². The number of aliphatic imine (C=N–C) groups is 1. The van der Waals surface area contributed by atoms with E-state index >= 15 is 0 Å². The highest BCUT2D eigenvalue weighted by Crippen LogP contribution is 2.45. The molecule has 0 bridgehead atoms. The molecule has 1 fully saturated rings. The number of aryl methyl sites for hydroxylation is 1. The molecule has 45 heavy (non-hydrogen) atoms. The van der Waals surface area contributed by atoms with Gasteiger partial charge in [0.2, 0.25) is 0 Å². The number of hydrogen-bond acceptors (Lipinski definition) is 11. The second-order valence-electron chi connectivity index (χ2n) is 12.4. The molecule has 2 aliphatic rings. The Morgan fingerprint density at radius 3 is 2.44 bits per heavy atom. The largest absolute Gasteiger partial charge is 0.493 e. The van der Waals surface area contributed by atoms with Crippen LogP contribution in [0.2, 0.25) is 0 Å². The smallest absolute Gasteiger partial charge is 0.198 e. The average Bonchev–Trinajstić information content (AvgIpc) is 3.45. The van der Waals surface area contributed by atoms with Gasteiger partial charge in [-0.15, -0.1) is 0 Å². The SMILES string of the molecule is COc1cc2c(cc1OC)C(N)(C1CCN(Cc3c(OCCN(C)C)cccc3N(C)C)CC1)NC(NCc1cn(C)cn1)=N2. The molecule has 0 radical (unpaired) electrons. The van der Waals surface area contributed by atoms with Crippen molar-refractivity contribution in [2.75, 3.05) is 73.6 Å². The van der Waals surface area contributed by atoms with E-state index in [1.807, 2.05) is 29.9 Å².